The van der Waals surface area contributed by atoms with Crippen molar-refractivity contribution < 1.29 is 24.1 Å². The number of hydrogen-bond donors (Lipinski definition) is 0. The van der Waals surface area contributed by atoms with E-state index in [9.17, 15) is 9.59 Å². The maximum atomic E-state index is 11.4. The predicted octanol–water partition coefficient (Wildman–Crippen LogP) is 3.57. The van der Waals surface area contributed by atoms with Crippen molar-refractivity contribution in [3.63, 3.8) is 0 Å². The van der Waals surface area contributed by atoms with E-state index in [0.29, 0.717) is 6.61 Å². The fourth-order valence-corrected chi connectivity index (χ4v) is 1.85. The average molecular weight is 308 g/mol. The van der Waals surface area contributed by atoms with Gasteiger partial charge in [-0.25, -0.2) is 9.59 Å². The van der Waals surface area contributed by atoms with E-state index in [1.807, 2.05) is 18.2 Å². The van der Waals surface area contributed by atoms with Crippen LogP contribution in [0.1, 0.15) is 51.0 Å². The Morgan fingerprint density at radius 1 is 0.909 bits per heavy atom. The molecule has 0 saturated heterocycles. The third-order valence-electron chi connectivity index (χ3n) is 3.10. The minimum Gasteiger partial charge on any atom is -0.452 e. The molecule has 0 aliphatic heterocycles. The summed E-state index contributed by atoms with van der Waals surface area (Å²) < 4.78 is 4.82. The van der Waals surface area contributed by atoms with E-state index < -0.39 is 11.9 Å². The number of esters is 1. The molecule has 22 heavy (non-hydrogen) atoms. The molecule has 1 rings (SSSR count). The van der Waals surface area contributed by atoms with E-state index >= 15 is 0 Å². The molecule has 0 aliphatic rings. The minimum absolute atomic E-state index is 0.0339. The molecule has 5 heteroatoms. The monoisotopic (exact) mass is 308 g/mol. The lowest BCUT2D eigenvalue weighted by atomic mass is 10.1. The van der Waals surface area contributed by atoms with Crippen LogP contribution in [0, 0.1) is 0 Å². The van der Waals surface area contributed by atoms with E-state index in [1.54, 1.807) is 12.1 Å². The second-order valence-electron chi connectivity index (χ2n) is 5.02. The number of unbranched alkanes of at least 4 members (excludes halogenated alkanes) is 5. The number of carbonyl (C=O) groups excluding carboxylic acids is 2. The smallest absolute Gasteiger partial charge is 0.449 e. The van der Waals surface area contributed by atoms with Crippen LogP contribution in [-0.2, 0) is 30.7 Å². The standard InChI is InChI=1S/C17H24O5/c1-2-3-4-5-6-10-13-21-22-17(19)16(18)20-14-15-11-8-7-9-12-15/h7-9,11-12H,2-6,10,13-14H2,1H3. The van der Waals surface area contributed by atoms with Gasteiger partial charge in [-0.05, 0) is 12.0 Å². The van der Waals surface area contributed by atoms with Gasteiger partial charge in [0.2, 0.25) is 0 Å². The molecule has 0 radical (unpaired) electrons. The molecule has 0 bridgehead atoms. The van der Waals surface area contributed by atoms with Crippen molar-refractivity contribution in [3.05, 3.63) is 35.9 Å². The van der Waals surface area contributed by atoms with Gasteiger partial charge in [0, 0.05) is 0 Å². The third-order valence-corrected chi connectivity index (χ3v) is 3.10. The van der Waals surface area contributed by atoms with Gasteiger partial charge in [-0.2, -0.15) is 4.89 Å². The van der Waals surface area contributed by atoms with Gasteiger partial charge in [0.15, 0.2) is 0 Å². The van der Waals surface area contributed by atoms with Crippen LogP contribution in [0.2, 0.25) is 0 Å². The van der Waals surface area contributed by atoms with Gasteiger partial charge in [0.1, 0.15) is 6.61 Å². The summed E-state index contributed by atoms with van der Waals surface area (Å²) in [5.41, 5.74) is 0.802. The molecule has 0 amide bonds. The number of hydrogen-bond acceptors (Lipinski definition) is 5. The fourth-order valence-electron chi connectivity index (χ4n) is 1.85. The lowest BCUT2D eigenvalue weighted by Gasteiger charge is -2.05. The van der Waals surface area contributed by atoms with Crippen LogP contribution in [0.5, 0.6) is 0 Å². The van der Waals surface area contributed by atoms with Crippen molar-refractivity contribution in [1.29, 1.82) is 0 Å². The van der Waals surface area contributed by atoms with Crippen molar-refractivity contribution in [2.75, 3.05) is 6.61 Å². The van der Waals surface area contributed by atoms with Crippen molar-refractivity contribution in [1.82, 2.24) is 0 Å². The van der Waals surface area contributed by atoms with Crippen LogP contribution in [0.15, 0.2) is 30.3 Å². The highest BCUT2D eigenvalue weighted by Crippen LogP contribution is 2.05. The molecule has 0 unspecified atom stereocenters. The summed E-state index contributed by atoms with van der Waals surface area (Å²) in [6.45, 7) is 2.50. The van der Waals surface area contributed by atoms with Crippen LogP contribution in [0.4, 0.5) is 0 Å². The lowest BCUT2D eigenvalue weighted by Crippen LogP contribution is -2.20. The van der Waals surface area contributed by atoms with Gasteiger partial charge in [-0.15, -0.1) is 0 Å². The molecular weight excluding hydrogens is 284 g/mol. The molecule has 1 aromatic carbocycles. The van der Waals surface area contributed by atoms with Crippen LogP contribution < -0.4 is 0 Å². The first-order chi connectivity index (χ1) is 10.7. The fraction of sp³-hybridized carbons (Fsp3) is 0.529. The summed E-state index contributed by atoms with van der Waals surface area (Å²) in [5.74, 6) is -2.17. The highest BCUT2D eigenvalue weighted by molar-refractivity contribution is 6.29. The Kier molecular flexibility index (Phi) is 9.70. The molecule has 0 saturated carbocycles. The Morgan fingerprint density at radius 3 is 2.32 bits per heavy atom. The normalized spacial score (nSPS) is 10.2. The van der Waals surface area contributed by atoms with Crippen LogP contribution >= 0.6 is 0 Å². The van der Waals surface area contributed by atoms with Crippen LogP contribution in [0.25, 0.3) is 0 Å². The Labute approximate surface area is 131 Å². The molecule has 0 N–H and O–H groups in total. The molecule has 0 fully saturated rings. The zero-order valence-corrected chi connectivity index (χ0v) is 13.1. The summed E-state index contributed by atoms with van der Waals surface area (Å²) in [5, 5.41) is 0. The summed E-state index contributed by atoms with van der Waals surface area (Å²) in [6.07, 6.45) is 6.63. The van der Waals surface area contributed by atoms with Crippen molar-refractivity contribution in [2.45, 2.75) is 52.1 Å². The zero-order chi connectivity index (χ0) is 16.0. The minimum atomic E-state index is -1.12. The molecular formula is C17H24O5. The maximum Gasteiger partial charge on any atom is 0.449 e. The van der Waals surface area contributed by atoms with Crippen molar-refractivity contribution >= 4 is 11.9 Å². The SMILES string of the molecule is CCCCCCCCOOC(=O)C(=O)OCc1ccccc1. The molecule has 0 spiro atoms. The van der Waals surface area contributed by atoms with E-state index in [0.717, 1.165) is 24.8 Å². The van der Waals surface area contributed by atoms with E-state index in [1.165, 1.54) is 19.3 Å². The predicted molar refractivity (Wildman–Crippen MR) is 81.7 cm³/mol. The zero-order valence-electron chi connectivity index (χ0n) is 13.1. The molecule has 0 heterocycles. The van der Waals surface area contributed by atoms with Gasteiger partial charge in [0.05, 0.1) is 6.61 Å². The number of carbonyl (C=O) groups is 2. The van der Waals surface area contributed by atoms with E-state index in [4.69, 9.17) is 9.62 Å². The maximum absolute atomic E-state index is 11.4. The van der Waals surface area contributed by atoms with E-state index in [2.05, 4.69) is 11.8 Å². The first-order valence-corrected chi connectivity index (χ1v) is 7.78. The number of rotatable bonds is 10. The molecule has 5 nitrogen and oxygen atoms in total. The Morgan fingerprint density at radius 2 is 1.59 bits per heavy atom. The quantitative estimate of drug-likeness (QED) is 0.217. The lowest BCUT2D eigenvalue weighted by molar-refractivity contribution is -0.272. The highest BCUT2D eigenvalue weighted by Gasteiger charge is 2.18. The molecule has 122 valence electrons. The Balaban J connectivity index is 2.03. The third kappa shape index (κ3) is 8.42. The Hall–Kier alpha value is -1.88. The molecule has 0 aliphatic carbocycles. The number of ether oxygens (including phenoxy) is 1. The largest absolute Gasteiger partial charge is 0.452 e. The molecule has 0 atom stereocenters. The summed E-state index contributed by atoms with van der Waals surface area (Å²) in [7, 11) is 0. The second kappa shape index (κ2) is 11.7. The van der Waals surface area contributed by atoms with Crippen molar-refractivity contribution in [2.24, 2.45) is 0 Å². The Bertz CT molecular complexity index is 430. The van der Waals surface area contributed by atoms with Gasteiger partial charge >= 0.3 is 11.9 Å². The highest BCUT2D eigenvalue weighted by atomic mass is 17.2. The van der Waals surface area contributed by atoms with E-state index in [-0.39, 0.29) is 6.61 Å². The first-order valence-electron chi connectivity index (χ1n) is 7.78. The van der Waals surface area contributed by atoms with Crippen molar-refractivity contribution in [3.8, 4) is 0 Å². The molecule has 1 aromatic rings. The topological polar surface area (TPSA) is 61.8 Å². The van der Waals surface area contributed by atoms with Crippen LogP contribution in [0.3, 0.4) is 0 Å². The first kappa shape index (κ1) is 18.2. The van der Waals surface area contributed by atoms with Gasteiger partial charge in [0.25, 0.3) is 0 Å². The van der Waals surface area contributed by atoms with Gasteiger partial charge in [-0.1, -0.05) is 69.4 Å². The van der Waals surface area contributed by atoms with Crippen LogP contribution in [-0.4, -0.2) is 18.5 Å². The van der Waals surface area contributed by atoms with Gasteiger partial charge < -0.3 is 4.74 Å². The summed E-state index contributed by atoms with van der Waals surface area (Å²) >= 11 is 0. The van der Waals surface area contributed by atoms with Gasteiger partial charge in [-0.3, -0.25) is 4.89 Å². The number of benzene rings is 1. The molecule has 0 aromatic heterocycles. The summed E-state index contributed by atoms with van der Waals surface area (Å²) in [6, 6.07) is 9.10. The summed E-state index contributed by atoms with van der Waals surface area (Å²) in [4.78, 5) is 31.8. The average Bonchev–Trinajstić information content (AvgIpc) is 2.55. The second-order valence-corrected chi connectivity index (χ2v) is 5.02.